The van der Waals surface area contributed by atoms with Gasteiger partial charge in [-0.15, -0.1) is 0 Å². The molecular formula is C13H19N5. The van der Waals surface area contributed by atoms with E-state index in [0.29, 0.717) is 6.04 Å². The average Bonchev–Trinajstić information content (AvgIpc) is 2.86. The van der Waals surface area contributed by atoms with E-state index in [9.17, 15) is 0 Å². The highest BCUT2D eigenvalue weighted by atomic mass is 15.3. The third-order valence-electron chi connectivity index (χ3n) is 3.07. The van der Waals surface area contributed by atoms with Gasteiger partial charge in [0.05, 0.1) is 0 Å². The normalized spacial score (nSPS) is 12.4. The molecule has 2 aromatic heterocycles. The molecule has 0 aromatic carbocycles. The van der Waals surface area contributed by atoms with Gasteiger partial charge in [0, 0.05) is 36.2 Å². The molecule has 96 valence electrons. The Balaban J connectivity index is 1.90. The van der Waals surface area contributed by atoms with Crippen LogP contribution in [0.2, 0.25) is 0 Å². The van der Waals surface area contributed by atoms with E-state index in [0.717, 1.165) is 30.0 Å². The topological polar surface area (TPSA) is 55.6 Å². The lowest BCUT2D eigenvalue weighted by molar-refractivity contribution is 0.544. The molecule has 5 heteroatoms. The third-order valence-corrected chi connectivity index (χ3v) is 3.07. The molecule has 0 aliphatic carbocycles. The molecule has 0 spiro atoms. The smallest absolute Gasteiger partial charge is 0.132 e. The number of nitrogens with zero attached hydrogens (tertiary/aromatic N) is 4. The van der Waals surface area contributed by atoms with Crippen molar-refractivity contribution in [3.05, 3.63) is 36.0 Å². The van der Waals surface area contributed by atoms with Gasteiger partial charge in [-0.05, 0) is 33.3 Å². The summed E-state index contributed by atoms with van der Waals surface area (Å²) in [5.41, 5.74) is 2.13. The predicted molar refractivity (Wildman–Crippen MR) is 71.4 cm³/mol. The summed E-state index contributed by atoms with van der Waals surface area (Å²) < 4.78 is 1.94. The highest BCUT2D eigenvalue weighted by Crippen LogP contribution is 2.14. The van der Waals surface area contributed by atoms with E-state index < -0.39 is 0 Å². The molecule has 0 saturated heterocycles. The summed E-state index contributed by atoms with van der Waals surface area (Å²) in [7, 11) is 0. The zero-order chi connectivity index (χ0) is 13.0. The van der Waals surface area contributed by atoms with Crippen molar-refractivity contribution in [3.8, 4) is 0 Å². The number of hydrogen-bond acceptors (Lipinski definition) is 4. The highest BCUT2D eigenvalue weighted by molar-refractivity contribution is 5.45. The Kier molecular flexibility index (Phi) is 3.92. The summed E-state index contributed by atoms with van der Waals surface area (Å²) in [6, 6.07) is 2.29. The molecule has 2 aromatic rings. The second kappa shape index (κ2) is 5.62. The number of anilines is 1. The van der Waals surface area contributed by atoms with Gasteiger partial charge in [-0.1, -0.05) is 0 Å². The van der Waals surface area contributed by atoms with E-state index in [4.69, 9.17) is 0 Å². The van der Waals surface area contributed by atoms with Crippen molar-refractivity contribution in [2.45, 2.75) is 39.8 Å². The van der Waals surface area contributed by atoms with E-state index in [1.165, 1.54) is 0 Å². The van der Waals surface area contributed by atoms with Crippen LogP contribution in [0.15, 0.2) is 24.8 Å². The molecule has 0 amide bonds. The minimum Gasteiger partial charge on any atom is -0.367 e. The van der Waals surface area contributed by atoms with Crippen molar-refractivity contribution in [1.29, 1.82) is 0 Å². The fourth-order valence-corrected chi connectivity index (χ4v) is 1.75. The van der Waals surface area contributed by atoms with E-state index >= 15 is 0 Å². The van der Waals surface area contributed by atoms with Crippen LogP contribution in [0.5, 0.6) is 0 Å². The first-order chi connectivity index (χ1) is 8.66. The first-order valence-corrected chi connectivity index (χ1v) is 6.19. The van der Waals surface area contributed by atoms with Crippen molar-refractivity contribution in [2.24, 2.45) is 0 Å². The van der Waals surface area contributed by atoms with Crippen LogP contribution in [0.3, 0.4) is 0 Å². The lowest BCUT2D eigenvalue weighted by Crippen LogP contribution is -2.19. The summed E-state index contributed by atoms with van der Waals surface area (Å²) in [5, 5.41) is 7.61. The lowest BCUT2D eigenvalue weighted by Gasteiger charge is -2.16. The molecule has 0 fully saturated rings. The number of aryl methyl sites for hydroxylation is 2. The Morgan fingerprint density at radius 1 is 1.33 bits per heavy atom. The van der Waals surface area contributed by atoms with Gasteiger partial charge < -0.3 is 5.32 Å². The van der Waals surface area contributed by atoms with Crippen LogP contribution in [-0.2, 0) is 6.54 Å². The third kappa shape index (κ3) is 3.06. The number of rotatable bonds is 5. The van der Waals surface area contributed by atoms with Crippen LogP contribution in [0.1, 0.15) is 24.6 Å². The lowest BCUT2D eigenvalue weighted by atomic mass is 10.2. The van der Waals surface area contributed by atoms with Crippen molar-refractivity contribution in [2.75, 3.05) is 5.32 Å². The maximum absolute atomic E-state index is 4.28. The van der Waals surface area contributed by atoms with E-state index in [1.54, 1.807) is 12.5 Å². The molecule has 2 heterocycles. The van der Waals surface area contributed by atoms with Gasteiger partial charge >= 0.3 is 0 Å². The van der Waals surface area contributed by atoms with Crippen molar-refractivity contribution >= 4 is 5.82 Å². The average molecular weight is 245 g/mol. The molecule has 1 N–H and O–H groups in total. The first-order valence-electron chi connectivity index (χ1n) is 6.19. The van der Waals surface area contributed by atoms with Crippen LogP contribution < -0.4 is 5.32 Å². The Bertz CT molecular complexity index is 492. The standard InChI is InChI=1S/C13H19N5/c1-10(5-8-18-7-4-6-16-18)17-13-11(2)12(3)14-9-15-13/h4,6-7,9-10H,5,8H2,1-3H3,(H,14,15,17)/t10-/m1/s1. The van der Waals surface area contributed by atoms with Gasteiger partial charge in [-0.3, -0.25) is 4.68 Å². The molecule has 5 nitrogen and oxygen atoms in total. The first kappa shape index (κ1) is 12.5. The predicted octanol–water partition coefficient (Wildman–Crippen LogP) is 2.18. The van der Waals surface area contributed by atoms with Crippen molar-refractivity contribution in [3.63, 3.8) is 0 Å². The summed E-state index contributed by atoms with van der Waals surface area (Å²) in [5.74, 6) is 0.926. The minimum absolute atomic E-state index is 0.349. The quantitative estimate of drug-likeness (QED) is 0.877. The number of aromatic nitrogens is 4. The monoisotopic (exact) mass is 245 g/mol. The van der Waals surface area contributed by atoms with Crippen LogP contribution in [0.4, 0.5) is 5.82 Å². The molecule has 0 aliphatic heterocycles. The second-order valence-corrected chi connectivity index (χ2v) is 4.54. The van der Waals surface area contributed by atoms with Crippen molar-refractivity contribution in [1.82, 2.24) is 19.7 Å². The molecular weight excluding hydrogens is 226 g/mol. The largest absolute Gasteiger partial charge is 0.367 e. The molecule has 1 atom stereocenters. The molecule has 0 radical (unpaired) electrons. The summed E-state index contributed by atoms with van der Waals surface area (Å²) in [4.78, 5) is 8.45. The molecule has 0 unspecified atom stereocenters. The van der Waals surface area contributed by atoms with Gasteiger partial charge in [0.2, 0.25) is 0 Å². The van der Waals surface area contributed by atoms with Crippen molar-refractivity contribution < 1.29 is 0 Å². The van der Waals surface area contributed by atoms with E-state index in [1.807, 2.05) is 30.8 Å². The fourth-order valence-electron chi connectivity index (χ4n) is 1.75. The van der Waals surface area contributed by atoms with Gasteiger partial charge in [0.25, 0.3) is 0 Å². The summed E-state index contributed by atoms with van der Waals surface area (Å²) >= 11 is 0. The summed E-state index contributed by atoms with van der Waals surface area (Å²) in [6.07, 6.45) is 6.39. The number of hydrogen-bond donors (Lipinski definition) is 1. The Labute approximate surface area is 107 Å². The second-order valence-electron chi connectivity index (χ2n) is 4.54. The number of nitrogens with one attached hydrogen (secondary N) is 1. The van der Waals surface area contributed by atoms with Crippen LogP contribution in [0.25, 0.3) is 0 Å². The van der Waals surface area contributed by atoms with Crippen LogP contribution >= 0.6 is 0 Å². The van der Waals surface area contributed by atoms with Gasteiger partial charge in [0.1, 0.15) is 12.1 Å². The van der Waals surface area contributed by atoms with Crippen LogP contribution in [-0.4, -0.2) is 25.8 Å². The van der Waals surface area contributed by atoms with Gasteiger partial charge in [-0.25, -0.2) is 9.97 Å². The fraction of sp³-hybridized carbons (Fsp3) is 0.462. The zero-order valence-corrected chi connectivity index (χ0v) is 11.1. The minimum atomic E-state index is 0.349. The SMILES string of the molecule is Cc1ncnc(N[C@H](C)CCn2cccn2)c1C. The Hall–Kier alpha value is -1.91. The van der Waals surface area contributed by atoms with Gasteiger partial charge in [-0.2, -0.15) is 5.10 Å². The molecule has 0 saturated carbocycles. The molecule has 0 aliphatic rings. The Morgan fingerprint density at radius 2 is 2.17 bits per heavy atom. The molecule has 2 rings (SSSR count). The van der Waals surface area contributed by atoms with E-state index in [-0.39, 0.29) is 0 Å². The van der Waals surface area contributed by atoms with E-state index in [2.05, 4.69) is 27.3 Å². The Morgan fingerprint density at radius 3 is 2.89 bits per heavy atom. The zero-order valence-electron chi connectivity index (χ0n) is 11.1. The maximum Gasteiger partial charge on any atom is 0.132 e. The molecule has 18 heavy (non-hydrogen) atoms. The maximum atomic E-state index is 4.28. The molecule has 0 bridgehead atoms. The van der Waals surface area contributed by atoms with Crippen LogP contribution in [0, 0.1) is 13.8 Å². The summed E-state index contributed by atoms with van der Waals surface area (Å²) in [6.45, 7) is 7.10. The van der Waals surface area contributed by atoms with Gasteiger partial charge in [0.15, 0.2) is 0 Å². The highest BCUT2D eigenvalue weighted by Gasteiger charge is 2.07.